The molecule has 0 spiro atoms. The first-order chi connectivity index (χ1) is 17.9. The third-order valence-corrected chi connectivity index (χ3v) is 9.14. The second-order valence-corrected chi connectivity index (χ2v) is 10.7. The van der Waals surface area contributed by atoms with Crippen molar-refractivity contribution in [2.45, 2.75) is 25.3 Å². The van der Waals surface area contributed by atoms with E-state index >= 15 is 0 Å². The summed E-state index contributed by atoms with van der Waals surface area (Å²) in [4.78, 5) is 34.1. The van der Waals surface area contributed by atoms with Gasteiger partial charge in [0, 0.05) is 36.3 Å². The van der Waals surface area contributed by atoms with E-state index in [1.165, 1.54) is 11.3 Å². The number of thioether (sulfide) groups is 1. The molecule has 0 atom stereocenters. The van der Waals surface area contributed by atoms with Crippen LogP contribution in [0.25, 0.3) is 10.7 Å². The standard InChI is InChI=1S/C27H26N4O3S3/c1-5-15-30-24(33)22(26-28(6-2)19-16-18(34-4)13-14-20(19)36-26)37-25(30)21-23(32)29(7-3)27(35)31(21)17-11-9-8-10-12-17/h5,8-14,16H,1,6-7,15H2,2-4H3/b25-21-,26-22-. The molecule has 5 rings (SSSR count). The predicted octanol–water partition coefficient (Wildman–Crippen LogP) is 3.56. The Hall–Kier alpha value is -3.34. The minimum Gasteiger partial charge on any atom is -0.497 e. The second kappa shape index (κ2) is 10.2. The molecule has 0 unspecified atom stereocenters. The lowest BCUT2D eigenvalue weighted by Crippen LogP contribution is -2.36. The molecule has 0 bridgehead atoms. The number of allylic oxidation sites excluding steroid dienone is 1. The fourth-order valence-electron chi connectivity index (χ4n) is 4.50. The van der Waals surface area contributed by atoms with Crippen molar-refractivity contribution in [2.75, 3.05) is 30.0 Å². The van der Waals surface area contributed by atoms with Crippen molar-refractivity contribution in [2.24, 2.45) is 0 Å². The van der Waals surface area contributed by atoms with Gasteiger partial charge in [0.05, 0.1) is 12.8 Å². The van der Waals surface area contributed by atoms with Gasteiger partial charge in [0.15, 0.2) is 5.11 Å². The maximum Gasteiger partial charge on any atom is 0.280 e. The Balaban J connectivity index is 1.83. The third kappa shape index (κ3) is 4.09. The van der Waals surface area contributed by atoms with Crippen molar-refractivity contribution in [3.05, 3.63) is 80.7 Å². The van der Waals surface area contributed by atoms with E-state index in [1.54, 1.807) is 39.3 Å². The van der Waals surface area contributed by atoms with Gasteiger partial charge in [-0.25, -0.2) is 0 Å². The van der Waals surface area contributed by atoms with Crippen LogP contribution >= 0.6 is 35.3 Å². The lowest BCUT2D eigenvalue weighted by molar-refractivity contribution is -0.120. The van der Waals surface area contributed by atoms with Gasteiger partial charge in [0.2, 0.25) is 0 Å². The van der Waals surface area contributed by atoms with Crippen LogP contribution in [0.5, 0.6) is 5.75 Å². The summed E-state index contributed by atoms with van der Waals surface area (Å²) in [7, 11) is 1.64. The normalized spacial score (nSPS) is 18.1. The number of thiazole rings is 1. The van der Waals surface area contributed by atoms with Crippen molar-refractivity contribution >= 4 is 68.4 Å². The summed E-state index contributed by atoms with van der Waals surface area (Å²) >= 11 is 8.62. The number of thiocarbonyl (C=S) groups is 1. The van der Waals surface area contributed by atoms with Gasteiger partial charge >= 0.3 is 0 Å². The molecule has 0 N–H and O–H groups in total. The van der Waals surface area contributed by atoms with Gasteiger partial charge in [-0.3, -0.25) is 24.0 Å². The summed E-state index contributed by atoms with van der Waals surface area (Å²) in [6.07, 6.45) is 1.67. The number of rotatable bonds is 6. The molecule has 37 heavy (non-hydrogen) atoms. The van der Waals surface area contributed by atoms with Gasteiger partial charge < -0.3 is 9.64 Å². The molecule has 3 aromatic rings. The highest BCUT2D eigenvalue weighted by Gasteiger charge is 2.40. The number of likely N-dealkylation sites (N-methyl/N-ethyl adjacent to an activating group) is 1. The maximum atomic E-state index is 13.9. The van der Waals surface area contributed by atoms with Crippen molar-refractivity contribution in [1.29, 1.82) is 0 Å². The molecule has 0 saturated carbocycles. The average Bonchev–Trinajstić information content (AvgIpc) is 3.52. The van der Waals surface area contributed by atoms with Gasteiger partial charge in [0.25, 0.3) is 11.5 Å². The van der Waals surface area contributed by atoms with E-state index < -0.39 is 0 Å². The molecule has 190 valence electrons. The number of hydrogen-bond acceptors (Lipinski definition) is 7. The van der Waals surface area contributed by atoms with Gasteiger partial charge in [-0.15, -0.1) is 17.9 Å². The van der Waals surface area contributed by atoms with Crippen LogP contribution in [0.1, 0.15) is 13.8 Å². The Morgan fingerprint density at radius 1 is 1.05 bits per heavy atom. The monoisotopic (exact) mass is 550 g/mol. The van der Waals surface area contributed by atoms with Crippen LogP contribution in [0.15, 0.2) is 70.9 Å². The molecule has 7 nitrogen and oxygen atoms in total. The van der Waals surface area contributed by atoms with Crippen LogP contribution in [0.3, 0.4) is 0 Å². The number of aromatic nitrogens is 1. The number of carbonyl (C=O) groups excluding carboxylic acids is 1. The second-order valence-electron chi connectivity index (χ2n) is 8.28. The molecule has 3 heterocycles. The third-order valence-electron chi connectivity index (χ3n) is 6.24. The molecule has 2 aliphatic heterocycles. The van der Waals surface area contributed by atoms with E-state index in [0.717, 1.165) is 27.0 Å². The number of methoxy groups -OCH3 is 1. The van der Waals surface area contributed by atoms with Crippen LogP contribution in [-0.4, -0.2) is 40.7 Å². The van der Waals surface area contributed by atoms with Crippen LogP contribution in [-0.2, 0) is 11.3 Å². The number of hydrogen-bond donors (Lipinski definition) is 0. The SMILES string of the molecule is C=CCn1c(=O)/c(=C2/Sc3ccc(OC)cc3N2CC)s/c1=C1/C(=O)N(CC)C(=S)N1c1ccccc1. The number of carbonyl (C=O) groups is 1. The molecule has 2 aromatic carbocycles. The Labute approximate surface area is 228 Å². The maximum absolute atomic E-state index is 13.9. The summed E-state index contributed by atoms with van der Waals surface area (Å²) in [6.45, 7) is 9.19. The van der Waals surface area contributed by atoms with Crippen LogP contribution < -0.4 is 29.3 Å². The molecule has 0 aliphatic carbocycles. The number of anilines is 2. The van der Waals surface area contributed by atoms with E-state index in [1.807, 2.05) is 55.5 Å². The Bertz CT molecular complexity index is 1590. The van der Waals surface area contributed by atoms with Crippen molar-refractivity contribution in [1.82, 2.24) is 9.47 Å². The molecule has 1 fully saturated rings. The molecule has 1 amide bonds. The number of nitrogens with zero attached hydrogens (tertiary/aromatic N) is 4. The van der Waals surface area contributed by atoms with Crippen molar-refractivity contribution in [3.8, 4) is 5.75 Å². The fourth-order valence-corrected chi connectivity index (χ4v) is 7.42. The largest absolute Gasteiger partial charge is 0.497 e. The zero-order chi connectivity index (χ0) is 26.3. The minimum absolute atomic E-state index is 0.158. The molecular formula is C27H26N4O3S3. The van der Waals surface area contributed by atoms with Gasteiger partial charge in [-0.05, 0) is 50.3 Å². The summed E-state index contributed by atoms with van der Waals surface area (Å²) in [6, 6.07) is 15.5. The van der Waals surface area contributed by atoms with E-state index in [4.69, 9.17) is 17.0 Å². The van der Waals surface area contributed by atoms with Crippen molar-refractivity contribution in [3.63, 3.8) is 0 Å². The molecular weight excluding hydrogens is 525 g/mol. The predicted molar refractivity (Wildman–Crippen MR) is 156 cm³/mol. The molecule has 0 radical (unpaired) electrons. The van der Waals surface area contributed by atoms with Crippen LogP contribution in [0.2, 0.25) is 0 Å². The lowest BCUT2D eigenvalue weighted by atomic mass is 10.2. The summed E-state index contributed by atoms with van der Waals surface area (Å²) in [5.74, 6) is 0.542. The first-order valence-corrected chi connectivity index (χ1v) is 13.9. The molecule has 1 saturated heterocycles. The Kier molecular flexibility index (Phi) is 6.98. The fraction of sp³-hybridized carbons (Fsp3) is 0.222. The number of fused-ring (bicyclic) bond motifs is 1. The highest BCUT2D eigenvalue weighted by molar-refractivity contribution is 8.08. The zero-order valence-electron chi connectivity index (χ0n) is 20.8. The number of para-hydroxylation sites is 1. The highest BCUT2D eigenvalue weighted by Crippen LogP contribution is 2.47. The summed E-state index contributed by atoms with van der Waals surface area (Å²) in [5, 5.41) is 1.25. The quantitative estimate of drug-likeness (QED) is 0.344. The number of amides is 1. The van der Waals surface area contributed by atoms with Gasteiger partial charge in [0.1, 0.15) is 25.7 Å². The minimum atomic E-state index is -0.216. The lowest BCUT2D eigenvalue weighted by Gasteiger charge is -2.19. The highest BCUT2D eigenvalue weighted by atomic mass is 32.2. The Morgan fingerprint density at radius 2 is 1.78 bits per heavy atom. The Morgan fingerprint density at radius 3 is 2.43 bits per heavy atom. The molecule has 1 aromatic heterocycles. The average molecular weight is 551 g/mol. The number of ether oxygens (including phenoxy) is 1. The van der Waals surface area contributed by atoms with E-state index in [-0.39, 0.29) is 18.0 Å². The van der Waals surface area contributed by atoms with E-state index in [2.05, 4.69) is 18.4 Å². The van der Waals surface area contributed by atoms with Crippen molar-refractivity contribution < 1.29 is 9.53 Å². The summed E-state index contributed by atoms with van der Waals surface area (Å²) in [5.41, 5.74) is 2.01. The van der Waals surface area contributed by atoms with E-state index in [9.17, 15) is 9.59 Å². The topological polar surface area (TPSA) is 58.0 Å². The first kappa shape index (κ1) is 25.3. The van der Waals surface area contributed by atoms with Crippen LogP contribution in [0, 0.1) is 0 Å². The van der Waals surface area contributed by atoms with Crippen LogP contribution in [0.4, 0.5) is 11.4 Å². The first-order valence-electron chi connectivity index (χ1n) is 11.9. The smallest absolute Gasteiger partial charge is 0.280 e. The molecule has 10 heteroatoms. The molecule has 2 aliphatic rings. The van der Waals surface area contributed by atoms with Gasteiger partial charge in [-0.1, -0.05) is 36.0 Å². The number of benzene rings is 2. The van der Waals surface area contributed by atoms with Gasteiger partial charge in [-0.2, -0.15) is 0 Å². The zero-order valence-corrected chi connectivity index (χ0v) is 23.2. The van der Waals surface area contributed by atoms with E-state index in [0.29, 0.717) is 33.1 Å². The summed E-state index contributed by atoms with van der Waals surface area (Å²) < 4.78 is 8.20.